The maximum absolute atomic E-state index is 11.6. The third-order valence-electron chi connectivity index (χ3n) is 4.05. The molecule has 20 heavy (non-hydrogen) atoms. The summed E-state index contributed by atoms with van der Waals surface area (Å²) in [6.07, 6.45) is 4.08. The van der Waals surface area contributed by atoms with Crippen LogP contribution < -0.4 is 4.90 Å². The van der Waals surface area contributed by atoms with Gasteiger partial charge in [-0.05, 0) is 51.4 Å². The molecule has 0 aromatic heterocycles. The van der Waals surface area contributed by atoms with Gasteiger partial charge in [0, 0.05) is 18.0 Å². The molecule has 1 saturated heterocycles. The summed E-state index contributed by atoms with van der Waals surface area (Å²) in [4.78, 5) is 16.9. The van der Waals surface area contributed by atoms with E-state index >= 15 is 0 Å². The van der Waals surface area contributed by atoms with Crippen molar-refractivity contribution in [2.75, 3.05) is 38.3 Å². The molecule has 5 heteroatoms. The highest BCUT2D eigenvalue weighted by molar-refractivity contribution is 7.98. The van der Waals surface area contributed by atoms with Crippen LogP contribution in [0.4, 0.5) is 5.69 Å². The molecule has 1 fully saturated rings. The molecule has 4 nitrogen and oxygen atoms in total. The number of hydrogen-bond donors (Lipinski definition) is 1. The molecule has 0 unspecified atom stereocenters. The van der Waals surface area contributed by atoms with Crippen molar-refractivity contribution >= 4 is 23.4 Å². The van der Waals surface area contributed by atoms with Crippen molar-refractivity contribution in [1.29, 1.82) is 0 Å². The molecular weight excluding hydrogens is 272 g/mol. The van der Waals surface area contributed by atoms with Crippen LogP contribution in [0.15, 0.2) is 23.1 Å². The summed E-state index contributed by atoms with van der Waals surface area (Å²) in [6.45, 7) is 2.14. The van der Waals surface area contributed by atoms with E-state index in [9.17, 15) is 9.90 Å². The number of rotatable bonds is 4. The van der Waals surface area contributed by atoms with Crippen LogP contribution >= 0.6 is 11.8 Å². The lowest BCUT2D eigenvalue weighted by atomic mass is 10.0. The fourth-order valence-electron chi connectivity index (χ4n) is 2.78. The molecule has 0 atom stereocenters. The van der Waals surface area contributed by atoms with Gasteiger partial charge in [-0.2, -0.15) is 0 Å². The second kappa shape index (κ2) is 6.50. The number of aromatic carboxylic acids is 1. The maximum Gasteiger partial charge on any atom is 0.338 e. The van der Waals surface area contributed by atoms with Gasteiger partial charge in [-0.15, -0.1) is 11.8 Å². The summed E-state index contributed by atoms with van der Waals surface area (Å²) < 4.78 is 0. The third-order valence-corrected chi connectivity index (χ3v) is 4.83. The number of piperidine rings is 1. The van der Waals surface area contributed by atoms with Crippen molar-refractivity contribution in [2.24, 2.45) is 0 Å². The van der Waals surface area contributed by atoms with E-state index in [2.05, 4.69) is 16.8 Å². The molecule has 1 N–H and O–H groups in total. The minimum atomic E-state index is -0.843. The minimum absolute atomic E-state index is 0.418. The van der Waals surface area contributed by atoms with Gasteiger partial charge in [0.2, 0.25) is 0 Å². The van der Waals surface area contributed by atoms with Gasteiger partial charge in [0.25, 0.3) is 0 Å². The first-order valence-corrected chi connectivity index (χ1v) is 8.08. The molecule has 0 bridgehead atoms. The van der Waals surface area contributed by atoms with Crippen LogP contribution in [0.25, 0.3) is 0 Å². The monoisotopic (exact) mass is 294 g/mol. The first-order valence-electron chi connectivity index (χ1n) is 6.86. The van der Waals surface area contributed by atoms with Gasteiger partial charge < -0.3 is 14.9 Å². The Labute approximate surface area is 124 Å². The van der Waals surface area contributed by atoms with Crippen LogP contribution in [-0.4, -0.2) is 55.5 Å². The van der Waals surface area contributed by atoms with Crippen LogP contribution in [0, 0.1) is 0 Å². The van der Waals surface area contributed by atoms with Gasteiger partial charge in [0.1, 0.15) is 0 Å². The fraction of sp³-hybridized carbons (Fsp3) is 0.533. The smallest absolute Gasteiger partial charge is 0.338 e. The Bertz CT molecular complexity index is 485. The van der Waals surface area contributed by atoms with Gasteiger partial charge in [-0.25, -0.2) is 4.79 Å². The maximum atomic E-state index is 11.6. The van der Waals surface area contributed by atoms with E-state index in [0.717, 1.165) is 36.5 Å². The highest BCUT2D eigenvalue weighted by Crippen LogP contribution is 2.31. The summed E-state index contributed by atoms with van der Waals surface area (Å²) in [5, 5.41) is 9.52. The Morgan fingerprint density at radius 3 is 2.60 bits per heavy atom. The van der Waals surface area contributed by atoms with Gasteiger partial charge in [0.15, 0.2) is 0 Å². The number of carboxylic acids is 1. The highest BCUT2D eigenvalue weighted by Gasteiger charge is 2.25. The van der Waals surface area contributed by atoms with E-state index in [1.807, 2.05) is 31.5 Å². The lowest BCUT2D eigenvalue weighted by molar-refractivity contribution is 0.0693. The predicted molar refractivity (Wildman–Crippen MR) is 84.1 cm³/mol. The molecule has 0 aliphatic carbocycles. The average Bonchev–Trinajstić information content (AvgIpc) is 2.46. The van der Waals surface area contributed by atoms with E-state index in [4.69, 9.17) is 0 Å². The molecule has 0 radical (unpaired) electrons. The highest BCUT2D eigenvalue weighted by atomic mass is 32.2. The van der Waals surface area contributed by atoms with Crippen LogP contribution in [0.3, 0.4) is 0 Å². The number of likely N-dealkylation sites (tertiary alicyclic amines) is 1. The Balaban J connectivity index is 2.29. The largest absolute Gasteiger partial charge is 0.478 e. The molecule has 0 saturated carbocycles. The second-order valence-electron chi connectivity index (χ2n) is 5.30. The molecule has 1 aliphatic rings. The minimum Gasteiger partial charge on any atom is -0.478 e. The van der Waals surface area contributed by atoms with Crippen LogP contribution in [0.1, 0.15) is 23.2 Å². The summed E-state index contributed by atoms with van der Waals surface area (Å²) in [7, 11) is 4.15. The van der Waals surface area contributed by atoms with E-state index in [-0.39, 0.29) is 0 Å². The van der Waals surface area contributed by atoms with Crippen molar-refractivity contribution in [1.82, 2.24) is 4.90 Å². The quantitative estimate of drug-likeness (QED) is 0.865. The lowest BCUT2D eigenvalue weighted by Crippen LogP contribution is -2.42. The summed E-state index contributed by atoms with van der Waals surface area (Å²) in [5.41, 5.74) is 1.26. The predicted octanol–water partition coefficient (Wildman–Crippen LogP) is 2.64. The van der Waals surface area contributed by atoms with Crippen molar-refractivity contribution in [3.8, 4) is 0 Å². The van der Waals surface area contributed by atoms with E-state index in [1.54, 1.807) is 0 Å². The van der Waals surface area contributed by atoms with E-state index < -0.39 is 5.97 Å². The number of nitrogens with zero attached hydrogens (tertiary/aromatic N) is 2. The first kappa shape index (κ1) is 15.2. The molecule has 2 rings (SSSR count). The molecule has 0 spiro atoms. The normalized spacial score (nSPS) is 17.1. The molecule has 110 valence electrons. The van der Waals surface area contributed by atoms with Gasteiger partial charge in [-0.1, -0.05) is 6.07 Å². The SMILES string of the molecule is CSc1cccc(N(C)C2CCN(C)CC2)c1C(=O)O. The molecule has 1 aromatic rings. The van der Waals surface area contributed by atoms with Gasteiger partial charge >= 0.3 is 5.97 Å². The van der Waals surface area contributed by atoms with Crippen molar-refractivity contribution in [3.63, 3.8) is 0 Å². The van der Waals surface area contributed by atoms with Crippen LogP contribution in [0.5, 0.6) is 0 Å². The second-order valence-corrected chi connectivity index (χ2v) is 6.15. The molecule has 0 amide bonds. The van der Waals surface area contributed by atoms with Crippen LogP contribution in [-0.2, 0) is 0 Å². The number of carbonyl (C=O) groups is 1. The Kier molecular flexibility index (Phi) is 4.94. The molecule has 1 aliphatic heterocycles. The zero-order valence-corrected chi connectivity index (χ0v) is 13.1. The Morgan fingerprint density at radius 1 is 1.40 bits per heavy atom. The lowest BCUT2D eigenvalue weighted by Gasteiger charge is -2.37. The van der Waals surface area contributed by atoms with Crippen molar-refractivity contribution < 1.29 is 9.90 Å². The third kappa shape index (κ3) is 3.10. The molecule has 1 heterocycles. The molecule has 1 aromatic carbocycles. The average molecular weight is 294 g/mol. The molecular formula is C15H22N2O2S. The van der Waals surface area contributed by atoms with Crippen LogP contribution in [0.2, 0.25) is 0 Å². The summed E-state index contributed by atoms with van der Waals surface area (Å²) in [5.74, 6) is -0.843. The Morgan fingerprint density at radius 2 is 2.05 bits per heavy atom. The first-order chi connectivity index (χ1) is 9.54. The number of anilines is 1. The number of thioether (sulfide) groups is 1. The van der Waals surface area contributed by atoms with Crippen molar-refractivity contribution in [2.45, 2.75) is 23.8 Å². The number of benzene rings is 1. The van der Waals surface area contributed by atoms with Gasteiger partial charge in [-0.3, -0.25) is 0 Å². The Hall–Kier alpha value is -1.20. The fourth-order valence-corrected chi connectivity index (χ4v) is 3.39. The zero-order valence-electron chi connectivity index (χ0n) is 12.3. The van der Waals surface area contributed by atoms with Gasteiger partial charge in [0.05, 0.1) is 11.3 Å². The topological polar surface area (TPSA) is 43.8 Å². The standard InChI is InChI=1S/C15H22N2O2S/c1-16-9-7-11(8-10-16)17(2)12-5-4-6-13(20-3)14(12)15(18)19/h4-6,11H,7-10H2,1-3H3,(H,18,19). The van der Waals surface area contributed by atoms with Crippen molar-refractivity contribution in [3.05, 3.63) is 23.8 Å². The van der Waals surface area contributed by atoms with E-state index in [1.165, 1.54) is 11.8 Å². The zero-order chi connectivity index (χ0) is 14.7. The summed E-state index contributed by atoms with van der Waals surface area (Å²) in [6, 6.07) is 6.15. The summed E-state index contributed by atoms with van der Waals surface area (Å²) >= 11 is 1.49. The number of carboxylic acid groups (broad SMARTS) is 1. The van der Waals surface area contributed by atoms with E-state index in [0.29, 0.717) is 11.6 Å². The number of hydrogen-bond acceptors (Lipinski definition) is 4.